The average Bonchev–Trinajstić information content (AvgIpc) is 2.86. The van der Waals surface area contributed by atoms with Crippen LogP contribution in [0.1, 0.15) is 51.3 Å². The lowest BCUT2D eigenvalue weighted by molar-refractivity contribution is -0.120. The minimum absolute atomic E-state index is 0.0406. The molecular formula is C15H25N3O. The number of aromatic nitrogens is 2. The zero-order chi connectivity index (χ0) is 13.7. The third-order valence-electron chi connectivity index (χ3n) is 4.37. The second kappa shape index (κ2) is 6.33. The number of carbonyl (C=O) groups is 1. The Labute approximate surface area is 115 Å². The van der Waals surface area contributed by atoms with Crippen LogP contribution < -0.4 is 5.32 Å². The fourth-order valence-electron chi connectivity index (χ4n) is 3.16. The molecule has 4 nitrogen and oxygen atoms in total. The van der Waals surface area contributed by atoms with Crippen molar-refractivity contribution < 1.29 is 4.79 Å². The van der Waals surface area contributed by atoms with Crippen molar-refractivity contribution in [1.29, 1.82) is 0 Å². The van der Waals surface area contributed by atoms with E-state index in [1.165, 1.54) is 19.3 Å². The molecule has 0 amide bonds. The van der Waals surface area contributed by atoms with Gasteiger partial charge >= 0.3 is 0 Å². The molecule has 1 aliphatic rings. The monoisotopic (exact) mass is 263 g/mol. The zero-order valence-corrected chi connectivity index (χ0v) is 12.1. The van der Waals surface area contributed by atoms with Crippen molar-refractivity contribution >= 4 is 5.78 Å². The van der Waals surface area contributed by atoms with Crippen LogP contribution in [-0.2, 0) is 17.8 Å². The van der Waals surface area contributed by atoms with Crippen LogP contribution in [0.3, 0.4) is 0 Å². The molecule has 1 aromatic heterocycles. The molecule has 0 saturated heterocycles. The molecule has 0 unspecified atom stereocenters. The quantitative estimate of drug-likeness (QED) is 0.857. The summed E-state index contributed by atoms with van der Waals surface area (Å²) in [6.45, 7) is 2.95. The minimum atomic E-state index is 0.0406. The highest BCUT2D eigenvalue weighted by atomic mass is 16.1. The molecule has 2 rings (SSSR count). The Kier molecular flexibility index (Phi) is 4.75. The number of ketones is 1. The Balaban J connectivity index is 1.96. The van der Waals surface area contributed by atoms with Crippen LogP contribution in [0.2, 0.25) is 0 Å². The Morgan fingerprint density at radius 1 is 1.42 bits per heavy atom. The van der Waals surface area contributed by atoms with Crippen molar-refractivity contribution in [3.8, 4) is 0 Å². The standard InChI is InChI=1S/C15H25N3O/c1-3-18-10-9-17-14(18)11-13(19)12-15(16-2)7-5-4-6-8-15/h9-10,16H,3-8,11-12H2,1-2H3. The maximum Gasteiger partial charge on any atom is 0.142 e. The smallest absolute Gasteiger partial charge is 0.142 e. The first-order valence-corrected chi connectivity index (χ1v) is 7.40. The summed E-state index contributed by atoms with van der Waals surface area (Å²) >= 11 is 0. The van der Waals surface area contributed by atoms with Crippen molar-refractivity contribution in [2.75, 3.05) is 7.05 Å². The normalized spacial score (nSPS) is 18.4. The Morgan fingerprint density at radius 2 is 2.16 bits per heavy atom. The van der Waals surface area contributed by atoms with Gasteiger partial charge in [-0.15, -0.1) is 0 Å². The van der Waals surface area contributed by atoms with Gasteiger partial charge in [-0.3, -0.25) is 4.79 Å². The van der Waals surface area contributed by atoms with Crippen LogP contribution in [-0.4, -0.2) is 27.9 Å². The van der Waals surface area contributed by atoms with Gasteiger partial charge < -0.3 is 9.88 Å². The predicted octanol–water partition coefficient (Wildman–Crippen LogP) is 2.33. The van der Waals surface area contributed by atoms with Gasteiger partial charge in [-0.1, -0.05) is 19.3 Å². The molecule has 0 atom stereocenters. The van der Waals surface area contributed by atoms with Crippen LogP contribution in [0, 0.1) is 0 Å². The highest BCUT2D eigenvalue weighted by Crippen LogP contribution is 2.31. The molecule has 4 heteroatoms. The first-order chi connectivity index (χ1) is 9.19. The molecule has 1 saturated carbocycles. The van der Waals surface area contributed by atoms with E-state index in [0.717, 1.165) is 25.2 Å². The number of aryl methyl sites for hydroxylation is 1. The van der Waals surface area contributed by atoms with E-state index in [1.54, 1.807) is 6.20 Å². The van der Waals surface area contributed by atoms with E-state index in [4.69, 9.17) is 0 Å². The number of hydrogen-bond acceptors (Lipinski definition) is 3. The van der Waals surface area contributed by atoms with Gasteiger partial charge in [0.25, 0.3) is 0 Å². The Bertz CT molecular complexity index is 419. The molecule has 0 spiro atoms. The SMILES string of the molecule is CCn1ccnc1CC(=O)CC1(NC)CCCCC1. The highest BCUT2D eigenvalue weighted by Gasteiger charge is 2.32. The van der Waals surface area contributed by atoms with E-state index in [0.29, 0.717) is 18.6 Å². The summed E-state index contributed by atoms with van der Waals surface area (Å²) in [5.74, 6) is 1.20. The zero-order valence-electron chi connectivity index (χ0n) is 12.1. The summed E-state index contributed by atoms with van der Waals surface area (Å²) in [5.41, 5.74) is 0.0406. The van der Waals surface area contributed by atoms with Crippen molar-refractivity contribution in [1.82, 2.24) is 14.9 Å². The lowest BCUT2D eigenvalue weighted by Crippen LogP contribution is -2.46. The Morgan fingerprint density at radius 3 is 2.79 bits per heavy atom. The number of Topliss-reactive ketones (excluding diaryl/α,β-unsaturated/α-hetero) is 1. The van der Waals surface area contributed by atoms with E-state index in [1.807, 2.05) is 17.8 Å². The van der Waals surface area contributed by atoms with Crippen molar-refractivity contribution in [3.63, 3.8) is 0 Å². The van der Waals surface area contributed by atoms with Gasteiger partial charge in [0.05, 0.1) is 6.42 Å². The summed E-state index contributed by atoms with van der Waals surface area (Å²) in [4.78, 5) is 16.6. The Hall–Kier alpha value is -1.16. The van der Waals surface area contributed by atoms with Crippen LogP contribution >= 0.6 is 0 Å². The third-order valence-corrected chi connectivity index (χ3v) is 4.37. The number of carbonyl (C=O) groups excluding carboxylic acids is 1. The molecule has 1 N–H and O–H groups in total. The van der Waals surface area contributed by atoms with E-state index in [-0.39, 0.29) is 5.54 Å². The van der Waals surface area contributed by atoms with Crippen molar-refractivity contribution in [3.05, 3.63) is 18.2 Å². The maximum atomic E-state index is 12.3. The first-order valence-electron chi connectivity index (χ1n) is 7.40. The van der Waals surface area contributed by atoms with Crippen LogP contribution in [0.25, 0.3) is 0 Å². The summed E-state index contributed by atoms with van der Waals surface area (Å²) in [6, 6.07) is 0. The molecule has 0 radical (unpaired) electrons. The van der Waals surface area contributed by atoms with E-state index in [9.17, 15) is 4.79 Å². The fraction of sp³-hybridized carbons (Fsp3) is 0.733. The lowest BCUT2D eigenvalue weighted by atomic mass is 9.78. The van der Waals surface area contributed by atoms with E-state index >= 15 is 0 Å². The maximum absolute atomic E-state index is 12.3. The number of nitrogens with one attached hydrogen (secondary N) is 1. The van der Waals surface area contributed by atoms with Gasteiger partial charge in [0.1, 0.15) is 11.6 Å². The molecular weight excluding hydrogens is 238 g/mol. The molecule has 0 aliphatic heterocycles. The van der Waals surface area contributed by atoms with Gasteiger partial charge in [-0.05, 0) is 26.8 Å². The minimum Gasteiger partial charge on any atom is -0.335 e. The molecule has 1 heterocycles. The van der Waals surface area contributed by atoms with Crippen molar-refractivity contribution in [2.24, 2.45) is 0 Å². The third kappa shape index (κ3) is 3.44. The molecule has 1 aliphatic carbocycles. The van der Waals surface area contributed by atoms with Crippen LogP contribution in [0.4, 0.5) is 0 Å². The van der Waals surface area contributed by atoms with Gasteiger partial charge in [0.15, 0.2) is 0 Å². The first kappa shape index (κ1) is 14.3. The summed E-state index contributed by atoms with van der Waals surface area (Å²) in [5, 5.41) is 3.41. The average molecular weight is 263 g/mol. The lowest BCUT2D eigenvalue weighted by Gasteiger charge is -2.36. The highest BCUT2D eigenvalue weighted by molar-refractivity contribution is 5.81. The summed E-state index contributed by atoms with van der Waals surface area (Å²) < 4.78 is 2.05. The van der Waals surface area contributed by atoms with Gasteiger partial charge in [0.2, 0.25) is 0 Å². The predicted molar refractivity (Wildman–Crippen MR) is 76.1 cm³/mol. The second-order valence-corrected chi connectivity index (χ2v) is 5.61. The molecule has 19 heavy (non-hydrogen) atoms. The molecule has 106 valence electrons. The largest absolute Gasteiger partial charge is 0.335 e. The molecule has 1 fully saturated rings. The fourth-order valence-corrected chi connectivity index (χ4v) is 3.16. The van der Waals surface area contributed by atoms with Crippen LogP contribution in [0.15, 0.2) is 12.4 Å². The van der Waals surface area contributed by atoms with Crippen molar-refractivity contribution in [2.45, 2.75) is 64.0 Å². The topological polar surface area (TPSA) is 46.9 Å². The summed E-state index contributed by atoms with van der Waals surface area (Å²) in [6.07, 6.45) is 10.8. The van der Waals surface area contributed by atoms with Gasteiger partial charge in [-0.25, -0.2) is 4.98 Å². The molecule has 1 aromatic rings. The second-order valence-electron chi connectivity index (χ2n) is 5.61. The summed E-state index contributed by atoms with van der Waals surface area (Å²) in [7, 11) is 1.99. The van der Waals surface area contributed by atoms with Gasteiger partial charge in [0, 0.05) is 30.9 Å². The van der Waals surface area contributed by atoms with Gasteiger partial charge in [-0.2, -0.15) is 0 Å². The number of rotatable bonds is 6. The van der Waals surface area contributed by atoms with E-state index in [2.05, 4.69) is 17.2 Å². The molecule has 0 bridgehead atoms. The number of imidazole rings is 1. The molecule has 0 aromatic carbocycles. The number of nitrogens with zero attached hydrogens (tertiary/aromatic N) is 2. The van der Waals surface area contributed by atoms with E-state index < -0.39 is 0 Å². The number of hydrogen-bond donors (Lipinski definition) is 1. The van der Waals surface area contributed by atoms with Crippen LogP contribution in [0.5, 0.6) is 0 Å².